The van der Waals surface area contributed by atoms with E-state index >= 15 is 0 Å². The molecule has 0 saturated heterocycles. The predicted octanol–water partition coefficient (Wildman–Crippen LogP) is 1.95. The number of methoxy groups -OCH3 is 1. The lowest BCUT2D eigenvalue weighted by Gasteiger charge is -2.17. The third kappa shape index (κ3) is 2.96. The number of aromatic nitrogens is 3. The van der Waals surface area contributed by atoms with Crippen molar-refractivity contribution in [1.29, 1.82) is 0 Å². The molecule has 1 atom stereocenters. The molecule has 1 aromatic heterocycles. The zero-order valence-electron chi connectivity index (χ0n) is 11.9. The molecule has 0 aliphatic rings. The van der Waals surface area contributed by atoms with E-state index in [0.717, 1.165) is 12.4 Å². The van der Waals surface area contributed by atoms with Gasteiger partial charge in [-0.3, -0.25) is 4.68 Å². The quantitative estimate of drug-likeness (QED) is 0.877. The van der Waals surface area contributed by atoms with Gasteiger partial charge < -0.3 is 10.1 Å². The Kier molecular flexibility index (Phi) is 4.68. The largest absolute Gasteiger partial charge is 0.497 e. The molecule has 20 heavy (non-hydrogen) atoms. The van der Waals surface area contributed by atoms with E-state index < -0.39 is 0 Å². The van der Waals surface area contributed by atoms with Crippen molar-refractivity contribution in [2.45, 2.75) is 25.9 Å². The number of halogens is 1. The van der Waals surface area contributed by atoms with Crippen LogP contribution in [0.1, 0.15) is 24.4 Å². The number of benzene rings is 1. The average Bonchev–Trinajstić information content (AvgIpc) is 2.92. The van der Waals surface area contributed by atoms with Gasteiger partial charge >= 0.3 is 0 Å². The molecule has 1 N–H and O–H groups in total. The Morgan fingerprint density at radius 2 is 2.25 bits per heavy atom. The third-order valence-electron chi connectivity index (χ3n) is 3.31. The summed E-state index contributed by atoms with van der Waals surface area (Å²) in [5.41, 5.74) is 0.596. The van der Waals surface area contributed by atoms with Crippen LogP contribution in [0.25, 0.3) is 0 Å². The summed E-state index contributed by atoms with van der Waals surface area (Å²) in [6, 6.07) is 4.73. The molecular weight excluding hydrogens is 259 g/mol. The predicted molar refractivity (Wildman–Crippen MR) is 74.2 cm³/mol. The minimum absolute atomic E-state index is 0.157. The van der Waals surface area contributed by atoms with Crippen molar-refractivity contribution in [1.82, 2.24) is 20.1 Å². The number of aryl methyl sites for hydroxylation is 1. The Balaban J connectivity index is 2.24. The molecule has 1 unspecified atom stereocenters. The standard InChI is InChI=1S/C14H19FN4O/c1-4-19-14(17-9-18-19)8-13(16-2)11-6-5-10(20-3)7-12(11)15/h5-7,9,13,16H,4,8H2,1-3H3. The lowest BCUT2D eigenvalue weighted by Crippen LogP contribution is -2.22. The first-order valence-electron chi connectivity index (χ1n) is 6.57. The third-order valence-corrected chi connectivity index (χ3v) is 3.31. The lowest BCUT2D eigenvalue weighted by molar-refractivity contribution is 0.409. The van der Waals surface area contributed by atoms with Crippen molar-refractivity contribution in [2.75, 3.05) is 14.2 Å². The van der Waals surface area contributed by atoms with Gasteiger partial charge in [-0.05, 0) is 20.0 Å². The van der Waals surface area contributed by atoms with Crippen molar-refractivity contribution < 1.29 is 9.13 Å². The van der Waals surface area contributed by atoms with Gasteiger partial charge in [0.2, 0.25) is 0 Å². The molecule has 2 aromatic rings. The summed E-state index contributed by atoms with van der Waals surface area (Å²) in [7, 11) is 3.33. The van der Waals surface area contributed by atoms with E-state index in [0.29, 0.717) is 17.7 Å². The van der Waals surface area contributed by atoms with Crippen molar-refractivity contribution in [3.8, 4) is 5.75 Å². The van der Waals surface area contributed by atoms with Gasteiger partial charge in [-0.15, -0.1) is 0 Å². The van der Waals surface area contributed by atoms with E-state index in [2.05, 4.69) is 15.4 Å². The van der Waals surface area contributed by atoms with Crippen molar-refractivity contribution in [3.63, 3.8) is 0 Å². The fourth-order valence-corrected chi connectivity index (χ4v) is 2.18. The molecule has 0 spiro atoms. The zero-order chi connectivity index (χ0) is 14.5. The molecule has 0 amide bonds. The van der Waals surface area contributed by atoms with Gasteiger partial charge in [-0.1, -0.05) is 6.07 Å². The van der Waals surface area contributed by atoms with Crippen LogP contribution in [-0.4, -0.2) is 28.9 Å². The molecule has 2 rings (SSSR count). The summed E-state index contributed by atoms with van der Waals surface area (Å²) >= 11 is 0. The first-order chi connectivity index (χ1) is 9.69. The van der Waals surface area contributed by atoms with Gasteiger partial charge in [0.05, 0.1) is 7.11 Å². The molecule has 0 fully saturated rings. The minimum atomic E-state index is -0.286. The van der Waals surface area contributed by atoms with Crippen LogP contribution < -0.4 is 10.1 Å². The van der Waals surface area contributed by atoms with Crippen molar-refractivity contribution in [3.05, 3.63) is 41.7 Å². The van der Waals surface area contributed by atoms with E-state index in [1.165, 1.54) is 19.5 Å². The van der Waals surface area contributed by atoms with Crippen LogP contribution in [0, 0.1) is 5.82 Å². The summed E-state index contributed by atoms with van der Waals surface area (Å²) < 4.78 is 21.0. The Morgan fingerprint density at radius 3 is 2.85 bits per heavy atom. The number of hydrogen-bond acceptors (Lipinski definition) is 4. The molecule has 1 aromatic carbocycles. The maximum Gasteiger partial charge on any atom is 0.138 e. The van der Waals surface area contributed by atoms with Crippen molar-refractivity contribution in [2.24, 2.45) is 0 Å². The normalized spacial score (nSPS) is 12.4. The SMILES string of the molecule is CCn1ncnc1CC(NC)c1ccc(OC)cc1F. The lowest BCUT2D eigenvalue weighted by atomic mass is 10.0. The molecule has 6 heteroatoms. The van der Waals surface area contributed by atoms with Gasteiger partial charge in [0.1, 0.15) is 23.7 Å². The highest BCUT2D eigenvalue weighted by molar-refractivity contribution is 5.31. The fraction of sp³-hybridized carbons (Fsp3) is 0.429. The number of nitrogens with zero attached hydrogens (tertiary/aromatic N) is 3. The monoisotopic (exact) mass is 278 g/mol. The molecule has 0 aliphatic carbocycles. The van der Waals surface area contributed by atoms with Crippen LogP contribution in [0.2, 0.25) is 0 Å². The molecule has 0 aliphatic heterocycles. The molecule has 0 radical (unpaired) electrons. The molecule has 108 valence electrons. The van der Waals surface area contributed by atoms with Gasteiger partial charge in [0.25, 0.3) is 0 Å². The van der Waals surface area contributed by atoms with Crippen LogP contribution in [0.15, 0.2) is 24.5 Å². The second-order valence-corrected chi connectivity index (χ2v) is 4.42. The molecule has 1 heterocycles. The molecule has 5 nitrogen and oxygen atoms in total. The maximum atomic E-state index is 14.1. The topological polar surface area (TPSA) is 52.0 Å². The first-order valence-corrected chi connectivity index (χ1v) is 6.57. The first kappa shape index (κ1) is 14.5. The summed E-state index contributed by atoms with van der Waals surface area (Å²) in [5, 5.41) is 7.25. The van der Waals surface area contributed by atoms with Gasteiger partial charge in [0.15, 0.2) is 0 Å². The van der Waals surface area contributed by atoms with Crippen LogP contribution in [0.3, 0.4) is 0 Å². The summed E-state index contributed by atoms with van der Waals surface area (Å²) in [6.45, 7) is 2.75. The number of rotatable bonds is 6. The van der Waals surface area contributed by atoms with Gasteiger partial charge in [0, 0.05) is 30.6 Å². The second kappa shape index (κ2) is 6.47. The zero-order valence-corrected chi connectivity index (χ0v) is 11.9. The van der Waals surface area contributed by atoms with Crippen molar-refractivity contribution >= 4 is 0 Å². The van der Waals surface area contributed by atoms with E-state index in [1.807, 2.05) is 11.6 Å². The Morgan fingerprint density at radius 1 is 1.45 bits per heavy atom. The molecule has 0 saturated carbocycles. The van der Waals surface area contributed by atoms with E-state index in [-0.39, 0.29) is 11.9 Å². The maximum absolute atomic E-state index is 14.1. The minimum Gasteiger partial charge on any atom is -0.497 e. The summed E-state index contributed by atoms with van der Waals surface area (Å²) in [5.74, 6) is 1.06. The van der Waals surface area contributed by atoms with Crippen LogP contribution in [-0.2, 0) is 13.0 Å². The highest BCUT2D eigenvalue weighted by Crippen LogP contribution is 2.24. The summed E-state index contributed by atoms with van der Waals surface area (Å²) in [6.07, 6.45) is 2.10. The Labute approximate surface area is 117 Å². The van der Waals surface area contributed by atoms with E-state index in [4.69, 9.17) is 4.74 Å². The van der Waals surface area contributed by atoms with E-state index in [9.17, 15) is 4.39 Å². The number of nitrogens with one attached hydrogen (secondary N) is 1. The Bertz CT molecular complexity index is 570. The highest BCUT2D eigenvalue weighted by Gasteiger charge is 2.17. The number of likely N-dealkylation sites (N-methyl/N-ethyl adjacent to an activating group) is 1. The molecular formula is C14H19FN4O. The van der Waals surface area contributed by atoms with Crippen LogP contribution in [0.4, 0.5) is 4.39 Å². The molecule has 0 bridgehead atoms. The fourth-order valence-electron chi connectivity index (χ4n) is 2.18. The summed E-state index contributed by atoms with van der Waals surface area (Å²) in [4.78, 5) is 4.23. The van der Waals surface area contributed by atoms with Gasteiger partial charge in [-0.25, -0.2) is 9.37 Å². The van der Waals surface area contributed by atoms with E-state index in [1.54, 1.807) is 19.2 Å². The van der Waals surface area contributed by atoms with Gasteiger partial charge in [-0.2, -0.15) is 5.10 Å². The number of ether oxygens (including phenoxy) is 1. The van der Waals surface area contributed by atoms with Crippen LogP contribution >= 0.6 is 0 Å². The second-order valence-electron chi connectivity index (χ2n) is 4.42. The number of hydrogen-bond donors (Lipinski definition) is 1. The smallest absolute Gasteiger partial charge is 0.138 e. The average molecular weight is 278 g/mol. The Hall–Kier alpha value is -1.95. The highest BCUT2D eigenvalue weighted by atomic mass is 19.1. The van der Waals surface area contributed by atoms with Crippen LogP contribution in [0.5, 0.6) is 5.75 Å².